The second kappa shape index (κ2) is 6.18. The van der Waals surface area contributed by atoms with E-state index in [1.807, 2.05) is 50.2 Å². The maximum absolute atomic E-state index is 11.8. The summed E-state index contributed by atoms with van der Waals surface area (Å²) in [7, 11) is 0. The number of anilines is 2. The van der Waals surface area contributed by atoms with Crippen molar-refractivity contribution in [2.75, 3.05) is 5.32 Å². The molecule has 0 aliphatic carbocycles. The van der Waals surface area contributed by atoms with Gasteiger partial charge in [0, 0.05) is 21.3 Å². The molecule has 4 nitrogen and oxygen atoms in total. The van der Waals surface area contributed by atoms with Crippen molar-refractivity contribution in [1.29, 1.82) is 0 Å². The van der Waals surface area contributed by atoms with E-state index in [4.69, 9.17) is 4.42 Å². The first kappa shape index (κ1) is 16.7. The first-order valence-corrected chi connectivity index (χ1v) is 8.95. The topological polar surface area (TPSA) is 62.5 Å². The van der Waals surface area contributed by atoms with Gasteiger partial charge in [0.05, 0.1) is 11.4 Å². The smallest absolute Gasteiger partial charge is 0.336 e. The van der Waals surface area contributed by atoms with Crippen molar-refractivity contribution in [2.24, 2.45) is 0 Å². The predicted octanol–water partition coefficient (Wildman–Crippen LogP) is 5.77. The molecule has 0 atom stereocenters. The summed E-state index contributed by atoms with van der Waals surface area (Å²) in [5.74, 6) is 0.124. The number of hydrogen-bond acceptors (Lipinski definition) is 4. The normalized spacial score (nSPS) is 11.2. The molecule has 1 heterocycles. The highest BCUT2D eigenvalue weighted by atomic mass is 79.9. The Bertz CT molecular complexity index is 1230. The lowest BCUT2D eigenvalue weighted by Gasteiger charge is -2.13. The molecule has 26 heavy (non-hydrogen) atoms. The van der Waals surface area contributed by atoms with Crippen LogP contribution in [0.4, 0.5) is 11.4 Å². The number of aryl methyl sites for hydroxylation is 2. The Labute approximate surface area is 158 Å². The Kier molecular flexibility index (Phi) is 3.96. The number of phenols is 1. The van der Waals surface area contributed by atoms with Crippen LogP contribution >= 0.6 is 15.9 Å². The van der Waals surface area contributed by atoms with Gasteiger partial charge in [-0.2, -0.15) is 0 Å². The van der Waals surface area contributed by atoms with Crippen molar-refractivity contribution < 1.29 is 9.52 Å². The zero-order chi connectivity index (χ0) is 18.4. The van der Waals surface area contributed by atoms with Gasteiger partial charge in [0.1, 0.15) is 11.3 Å². The van der Waals surface area contributed by atoms with Crippen LogP contribution in [0.3, 0.4) is 0 Å². The van der Waals surface area contributed by atoms with Crippen molar-refractivity contribution in [2.45, 2.75) is 13.8 Å². The number of benzene rings is 3. The number of rotatable bonds is 2. The Morgan fingerprint density at radius 2 is 1.77 bits per heavy atom. The van der Waals surface area contributed by atoms with Gasteiger partial charge in [-0.05, 0) is 70.6 Å². The van der Waals surface area contributed by atoms with Gasteiger partial charge in [-0.25, -0.2) is 4.79 Å². The molecule has 0 aliphatic rings. The summed E-state index contributed by atoms with van der Waals surface area (Å²) >= 11 is 3.53. The molecule has 0 saturated heterocycles. The molecule has 0 spiro atoms. The van der Waals surface area contributed by atoms with E-state index in [1.165, 1.54) is 6.07 Å². The summed E-state index contributed by atoms with van der Waals surface area (Å²) in [5.41, 5.74) is 3.52. The van der Waals surface area contributed by atoms with E-state index in [9.17, 15) is 9.90 Å². The summed E-state index contributed by atoms with van der Waals surface area (Å²) in [6.45, 7) is 3.90. The summed E-state index contributed by atoms with van der Waals surface area (Å²) in [6, 6.07) is 14.7. The van der Waals surface area contributed by atoms with Crippen LogP contribution in [0, 0.1) is 13.8 Å². The Morgan fingerprint density at radius 3 is 2.54 bits per heavy atom. The minimum Gasteiger partial charge on any atom is -0.506 e. The molecule has 0 bridgehead atoms. The Balaban J connectivity index is 1.94. The number of nitrogens with one attached hydrogen (secondary N) is 1. The second-order valence-electron chi connectivity index (χ2n) is 6.39. The van der Waals surface area contributed by atoms with Crippen molar-refractivity contribution in [1.82, 2.24) is 0 Å². The third kappa shape index (κ3) is 2.84. The van der Waals surface area contributed by atoms with Gasteiger partial charge in [0.2, 0.25) is 0 Å². The lowest BCUT2D eigenvalue weighted by atomic mass is 10.0. The van der Waals surface area contributed by atoms with E-state index in [-0.39, 0.29) is 11.4 Å². The molecule has 0 aliphatic heterocycles. The van der Waals surface area contributed by atoms with Crippen LogP contribution in [0.2, 0.25) is 0 Å². The molecule has 2 N–H and O–H groups in total. The molecule has 1 aromatic heterocycles. The lowest BCUT2D eigenvalue weighted by molar-refractivity contribution is 0.478. The molecule has 4 rings (SSSR count). The number of fused-ring (bicyclic) bond motifs is 3. The number of phenolic OH excluding ortho intramolecular Hbond substituents is 1. The SMILES string of the molecule is Cc1ccc(Nc2cc3c(ccc4c(C)cc(=O)oc43)cc2O)c(Br)c1. The van der Waals surface area contributed by atoms with Crippen LogP contribution in [0.1, 0.15) is 11.1 Å². The van der Waals surface area contributed by atoms with Gasteiger partial charge < -0.3 is 14.8 Å². The second-order valence-corrected chi connectivity index (χ2v) is 7.24. The molecule has 130 valence electrons. The largest absolute Gasteiger partial charge is 0.506 e. The predicted molar refractivity (Wildman–Crippen MR) is 109 cm³/mol. The first-order valence-electron chi connectivity index (χ1n) is 8.16. The van der Waals surface area contributed by atoms with Gasteiger partial charge in [-0.1, -0.05) is 18.2 Å². The minimum absolute atomic E-state index is 0.124. The maximum atomic E-state index is 11.8. The van der Waals surface area contributed by atoms with E-state index in [1.54, 1.807) is 6.07 Å². The minimum atomic E-state index is -0.383. The standard InChI is InChI=1S/C21H16BrNO3/c1-11-3-6-17(16(22)7-11)23-18-10-15-13(9-19(18)24)4-5-14-12(2)8-20(25)26-21(14)15/h3-10,23-24H,1-2H3. The first-order chi connectivity index (χ1) is 12.4. The summed E-state index contributed by atoms with van der Waals surface area (Å²) in [5, 5.41) is 16.1. The van der Waals surface area contributed by atoms with Gasteiger partial charge in [-0.15, -0.1) is 0 Å². The van der Waals surface area contributed by atoms with Crippen molar-refractivity contribution in [3.8, 4) is 5.75 Å². The molecular formula is C21H16BrNO3. The molecule has 0 saturated carbocycles. The van der Waals surface area contributed by atoms with Crippen molar-refractivity contribution in [3.63, 3.8) is 0 Å². The zero-order valence-corrected chi connectivity index (χ0v) is 15.8. The highest BCUT2D eigenvalue weighted by molar-refractivity contribution is 9.10. The number of halogens is 1. The molecule has 3 aromatic carbocycles. The monoisotopic (exact) mass is 409 g/mol. The van der Waals surface area contributed by atoms with E-state index in [0.717, 1.165) is 37.4 Å². The Morgan fingerprint density at radius 1 is 0.962 bits per heavy atom. The molecule has 0 amide bonds. The summed E-state index contributed by atoms with van der Waals surface area (Å²) in [4.78, 5) is 11.8. The quantitative estimate of drug-likeness (QED) is 0.250. The van der Waals surface area contributed by atoms with Crippen molar-refractivity contribution >= 4 is 49.0 Å². The average Bonchev–Trinajstić information content (AvgIpc) is 2.57. The maximum Gasteiger partial charge on any atom is 0.336 e. The van der Waals surface area contributed by atoms with Gasteiger partial charge >= 0.3 is 5.63 Å². The summed E-state index contributed by atoms with van der Waals surface area (Å²) in [6.07, 6.45) is 0. The van der Waals surface area contributed by atoms with Crippen molar-refractivity contribution in [3.05, 3.63) is 74.6 Å². The van der Waals surface area contributed by atoms with Crippen LogP contribution in [-0.4, -0.2) is 5.11 Å². The highest BCUT2D eigenvalue weighted by Crippen LogP contribution is 2.37. The van der Waals surface area contributed by atoms with Crippen LogP contribution in [0.15, 0.2) is 62.2 Å². The fraction of sp³-hybridized carbons (Fsp3) is 0.0952. The van der Waals surface area contributed by atoms with Crippen LogP contribution in [0.5, 0.6) is 5.75 Å². The highest BCUT2D eigenvalue weighted by Gasteiger charge is 2.12. The molecule has 0 radical (unpaired) electrons. The van der Waals surface area contributed by atoms with E-state index in [0.29, 0.717) is 11.3 Å². The third-order valence-corrected chi connectivity index (χ3v) is 5.10. The molecule has 5 heteroatoms. The summed E-state index contributed by atoms with van der Waals surface area (Å²) < 4.78 is 6.37. The fourth-order valence-corrected chi connectivity index (χ4v) is 3.70. The van der Waals surface area contributed by atoms with Crippen LogP contribution < -0.4 is 10.9 Å². The van der Waals surface area contributed by atoms with E-state index >= 15 is 0 Å². The van der Waals surface area contributed by atoms with Gasteiger partial charge in [0.25, 0.3) is 0 Å². The van der Waals surface area contributed by atoms with E-state index < -0.39 is 0 Å². The number of aromatic hydroxyl groups is 1. The van der Waals surface area contributed by atoms with Gasteiger partial charge in [0.15, 0.2) is 0 Å². The lowest BCUT2D eigenvalue weighted by Crippen LogP contribution is -1.98. The third-order valence-electron chi connectivity index (χ3n) is 4.44. The molecule has 0 fully saturated rings. The molecule has 0 unspecified atom stereocenters. The van der Waals surface area contributed by atoms with Crippen LogP contribution in [-0.2, 0) is 0 Å². The average molecular weight is 410 g/mol. The molecule has 4 aromatic rings. The van der Waals surface area contributed by atoms with E-state index in [2.05, 4.69) is 21.2 Å². The fourth-order valence-electron chi connectivity index (χ4n) is 3.10. The Hall–Kier alpha value is -2.79. The van der Waals surface area contributed by atoms with Crippen LogP contribution in [0.25, 0.3) is 21.7 Å². The molecular weight excluding hydrogens is 394 g/mol. The zero-order valence-electron chi connectivity index (χ0n) is 14.3. The van der Waals surface area contributed by atoms with Gasteiger partial charge in [-0.3, -0.25) is 0 Å². The number of hydrogen-bond donors (Lipinski definition) is 2.